The van der Waals surface area contributed by atoms with Gasteiger partial charge in [-0.1, -0.05) is 42.5 Å². The summed E-state index contributed by atoms with van der Waals surface area (Å²) in [7, 11) is 0. The van der Waals surface area contributed by atoms with Crippen LogP contribution in [-0.2, 0) is 11.2 Å². The van der Waals surface area contributed by atoms with Gasteiger partial charge in [0.1, 0.15) is 0 Å². The average Bonchev–Trinajstić information content (AvgIpc) is 3.03. The molecule has 3 aromatic rings. The molecule has 1 aliphatic rings. The van der Waals surface area contributed by atoms with Crippen LogP contribution in [-0.4, -0.2) is 12.5 Å². The summed E-state index contributed by atoms with van der Waals surface area (Å²) in [6.07, 6.45) is 0.835. The van der Waals surface area contributed by atoms with Gasteiger partial charge in [-0.05, 0) is 54.4 Å². The van der Waals surface area contributed by atoms with Crippen LogP contribution in [0, 0.1) is 0 Å². The highest BCUT2D eigenvalue weighted by Crippen LogP contribution is 2.38. The summed E-state index contributed by atoms with van der Waals surface area (Å²) in [4.78, 5) is 12.8. The van der Waals surface area contributed by atoms with Crippen molar-refractivity contribution in [3.8, 4) is 0 Å². The molecule has 1 heterocycles. The highest BCUT2D eigenvalue weighted by Gasteiger charge is 2.28. The molecule has 28 heavy (non-hydrogen) atoms. The minimum absolute atomic E-state index is 0.147. The van der Waals surface area contributed by atoms with E-state index in [1.807, 2.05) is 66.7 Å². The number of anilines is 3. The zero-order chi connectivity index (χ0) is 19.5. The molecule has 5 nitrogen and oxygen atoms in total. The fourth-order valence-electron chi connectivity index (χ4n) is 3.38. The van der Waals surface area contributed by atoms with Crippen molar-refractivity contribution >= 4 is 34.2 Å². The van der Waals surface area contributed by atoms with Gasteiger partial charge in [0.25, 0.3) is 5.91 Å². The summed E-state index contributed by atoms with van der Waals surface area (Å²) in [6.45, 7) is 0.616. The van der Waals surface area contributed by atoms with Crippen LogP contribution in [0.1, 0.15) is 16.7 Å². The quantitative estimate of drug-likeness (QED) is 0.407. The van der Waals surface area contributed by atoms with E-state index in [0.717, 1.165) is 34.6 Å². The number of hydrogen-bond acceptors (Lipinski definition) is 4. The minimum Gasteiger partial charge on any atom is -0.399 e. The number of carbonyl (C=O) groups is 1. The molecular formula is C23H22N4O. The first kappa shape index (κ1) is 17.8. The van der Waals surface area contributed by atoms with E-state index in [9.17, 15) is 4.79 Å². The van der Waals surface area contributed by atoms with E-state index in [4.69, 9.17) is 11.5 Å². The molecule has 4 rings (SSSR count). The van der Waals surface area contributed by atoms with Crippen LogP contribution in [0.3, 0.4) is 0 Å². The maximum absolute atomic E-state index is 12.8. The first-order valence-corrected chi connectivity index (χ1v) is 9.22. The van der Waals surface area contributed by atoms with Crippen molar-refractivity contribution in [2.45, 2.75) is 6.42 Å². The van der Waals surface area contributed by atoms with E-state index < -0.39 is 0 Å². The third-order valence-electron chi connectivity index (χ3n) is 4.76. The average molecular weight is 370 g/mol. The maximum Gasteiger partial charge on any atom is 0.258 e. The lowest BCUT2D eigenvalue weighted by Crippen LogP contribution is -2.10. The molecule has 3 aromatic carbocycles. The summed E-state index contributed by atoms with van der Waals surface area (Å²) in [5.41, 5.74) is 18.1. The molecule has 0 atom stereocenters. The molecule has 0 unspecified atom stereocenters. The van der Waals surface area contributed by atoms with Crippen molar-refractivity contribution in [3.63, 3.8) is 0 Å². The maximum atomic E-state index is 12.8. The molecule has 5 heteroatoms. The van der Waals surface area contributed by atoms with Crippen LogP contribution in [0.2, 0.25) is 0 Å². The summed E-state index contributed by atoms with van der Waals surface area (Å²) < 4.78 is 0. The Bertz CT molecular complexity index is 1040. The molecule has 6 N–H and O–H groups in total. The Kier molecular flexibility index (Phi) is 4.83. The third kappa shape index (κ3) is 3.48. The molecule has 140 valence electrons. The number of carbonyl (C=O) groups excluding carboxylic acids is 1. The number of nitrogens with one attached hydrogen (secondary N) is 2. The zero-order valence-electron chi connectivity index (χ0n) is 15.4. The van der Waals surface area contributed by atoms with Crippen molar-refractivity contribution in [2.75, 3.05) is 22.9 Å². The van der Waals surface area contributed by atoms with E-state index in [-0.39, 0.29) is 5.91 Å². The number of amides is 1. The first-order chi connectivity index (χ1) is 13.7. The van der Waals surface area contributed by atoms with Crippen molar-refractivity contribution in [2.24, 2.45) is 5.73 Å². The Balaban J connectivity index is 1.82. The molecule has 0 fully saturated rings. The Hall–Kier alpha value is -3.57. The molecule has 0 bridgehead atoms. The second-order valence-electron chi connectivity index (χ2n) is 6.74. The molecule has 1 amide bonds. The molecule has 0 aromatic heterocycles. The predicted octanol–water partition coefficient (Wildman–Crippen LogP) is 3.70. The van der Waals surface area contributed by atoms with Gasteiger partial charge in [0.05, 0.1) is 11.3 Å². The number of benzene rings is 3. The molecule has 0 radical (unpaired) electrons. The van der Waals surface area contributed by atoms with Crippen LogP contribution in [0.4, 0.5) is 17.1 Å². The number of fused-ring (bicyclic) bond motifs is 1. The van der Waals surface area contributed by atoms with Crippen molar-refractivity contribution in [1.82, 2.24) is 0 Å². The SMILES string of the molecule is NCCc1ccc(NC(=C2C(=O)Nc3ccc(N)cc32)c2ccccc2)cc1. The fraction of sp³-hybridized carbons (Fsp3) is 0.0870. The second-order valence-corrected chi connectivity index (χ2v) is 6.74. The fourth-order valence-corrected chi connectivity index (χ4v) is 3.38. The van der Waals surface area contributed by atoms with Gasteiger partial charge >= 0.3 is 0 Å². The monoisotopic (exact) mass is 370 g/mol. The largest absolute Gasteiger partial charge is 0.399 e. The Morgan fingerprint density at radius 2 is 1.71 bits per heavy atom. The molecule has 0 spiro atoms. The lowest BCUT2D eigenvalue weighted by atomic mass is 9.99. The van der Waals surface area contributed by atoms with Gasteiger partial charge in [0.2, 0.25) is 0 Å². The first-order valence-electron chi connectivity index (χ1n) is 9.22. The van der Waals surface area contributed by atoms with Crippen LogP contribution < -0.4 is 22.1 Å². The van der Waals surface area contributed by atoms with E-state index in [1.54, 1.807) is 6.07 Å². The van der Waals surface area contributed by atoms with Gasteiger partial charge in [-0.25, -0.2) is 0 Å². The van der Waals surface area contributed by atoms with Gasteiger partial charge in [-0.2, -0.15) is 0 Å². The topological polar surface area (TPSA) is 93.2 Å². The smallest absolute Gasteiger partial charge is 0.258 e. The van der Waals surface area contributed by atoms with Gasteiger partial charge in [0, 0.05) is 22.6 Å². The van der Waals surface area contributed by atoms with Gasteiger partial charge < -0.3 is 22.1 Å². The summed E-state index contributed by atoms with van der Waals surface area (Å²) in [5.74, 6) is -0.147. The zero-order valence-corrected chi connectivity index (χ0v) is 15.4. The van der Waals surface area contributed by atoms with E-state index >= 15 is 0 Å². The minimum atomic E-state index is -0.147. The van der Waals surface area contributed by atoms with Gasteiger partial charge in [-0.15, -0.1) is 0 Å². The molecule has 0 saturated heterocycles. The van der Waals surface area contributed by atoms with E-state index in [1.165, 1.54) is 5.56 Å². The molecule has 1 aliphatic heterocycles. The van der Waals surface area contributed by atoms with Crippen LogP contribution in [0.5, 0.6) is 0 Å². The predicted molar refractivity (Wildman–Crippen MR) is 116 cm³/mol. The normalized spacial score (nSPS) is 14.4. The number of nitrogen functional groups attached to an aromatic ring is 1. The summed E-state index contributed by atoms with van der Waals surface area (Å²) in [5, 5.41) is 6.37. The Labute approximate surface area is 164 Å². The van der Waals surface area contributed by atoms with E-state index in [0.29, 0.717) is 17.8 Å². The van der Waals surface area contributed by atoms with Crippen LogP contribution in [0.15, 0.2) is 72.8 Å². The lowest BCUT2D eigenvalue weighted by molar-refractivity contribution is -0.110. The highest BCUT2D eigenvalue weighted by atomic mass is 16.2. The molecular weight excluding hydrogens is 348 g/mol. The number of hydrogen-bond donors (Lipinski definition) is 4. The third-order valence-corrected chi connectivity index (χ3v) is 4.76. The summed E-state index contributed by atoms with van der Waals surface area (Å²) in [6, 6.07) is 23.4. The lowest BCUT2D eigenvalue weighted by Gasteiger charge is -2.15. The van der Waals surface area contributed by atoms with Crippen molar-refractivity contribution in [1.29, 1.82) is 0 Å². The van der Waals surface area contributed by atoms with Crippen molar-refractivity contribution < 1.29 is 4.79 Å². The van der Waals surface area contributed by atoms with Crippen LogP contribution in [0.25, 0.3) is 11.3 Å². The van der Waals surface area contributed by atoms with Gasteiger partial charge in [0.15, 0.2) is 0 Å². The van der Waals surface area contributed by atoms with E-state index in [2.05, 4.69) is 10.6 Å². The molecule has 0 aliphatic carbocycles. The number of rotatable bonds is 5. The summed E-state index contributed by atoms with van der Waals surface area (Å²) >= 11 is 0. The molecule has 0 saturated carbocycles. The number of nitrogens with two attached hydrogens (primary N) is 2. The van der Waals surface area contributed by atoms with Crippen LogP contribution >= 0.6 is 0 Å². The second kappa shape index (κ2) is 7.58. The van der Waals surface area contributed by atoms with Gasteiger partial charge in [-0.3, -0.25) is 4.79 Å². The standard InChI is InChI=1S/C23H22N4O/c24-13-12-15-6-9-18(10-7-15)26-22(16-4-2-1-3-5-16)21-19-14-17(25)8-11-20(19)27-23(21)28/h1-11,14,26H,12-13,24-25H2,(H,27,28). The Morgan fingerprint density at radius 1 is 0.964 bits per heavy atom. The van der Waals surface area contributed by atoms with Crippen molar-refractivity contribution in [3.05, 3.63) is 89.5 Å². The Morgan fingerprint density at radius 3 is 2.43 bits per heavy atom. The highest BCUT2D eigenvalue weighted by molar-refractivity contribution is 6.37.